The van der Waals surface area contributed by atoms with Crippen LogP contribution in [0.4, 0.5) is 0 Å². The predicted molar refractivity (Wildman–Crippen MR) is 63.9 cm³/mol. The highest BCUT2D eigenvalue weighted by Crippen LogP contribution is 2.33. The van der Waals surface area contributed by atoms with Crippen LogP contribution in [0.1, 0.15) is 24.9 Å². The van der Waals surface area contributed by atoms with Crippen molar-refractivity contribution in [1.29, 1.82) is 0 Å². The van der Waals surface area contributed by atoms with Gasteiger partial charge in [0, 0.05) is 11.0 Å². The monoisotopic (exact) mass is 281 g/mol. The lowest BCUT2D eigenvalue weighted by Crippen LogP contribution is -2.28. The normalized spacial score (nSPS) is 20.6. The third kappa shape index (κ3) is 1.78. The number of nitrogens with zero attached hydrogens (tertiary/aromatic N) is 1. The number of carbonyl (C=O) groups excluding carboxylic acids is 2. The van der Waals surface area contributed by atoms with Gasteiger partial charge >= 0.3 is 0 Å². The summed E-state index contributed by atoms with van der Waals surface area (Å²) in [4.78, 5) is 25.1. The Kier molecular flexibility index (Phi) is 3.10. The van der Waals surface area contributed by atoms with Crippen LogP contribution in [0.3, 0.4) is 0 Å². The fraction of sp³-hybridized carbons (Fsp3) is 0.333. The maximum Gasteiger partial charge on any atom is 0.230 e. The van der Waals surface area contributed by atoms with E-state index in [4.69, 9.17) is 0 Å². The third-order valence-electron chi connectivity index (χ3n) is 2.80. The highest BCUT2D eigenvalue weighted by molar-refractivity contribution is 9.10. The van der Waals surface area contributed by atoms with Crippen molar-refractivity contribution in [2.75, 3.05) is 6.54 Å². The van der Waals surface area contributed by atoms with E-state index in [2.05, 4.69) is 15.9 Å². The third-order valence-corrected chi connectivity index (χ3v) is 3.53. The lowest BCUT2D eigenvalue weighted by Gasteiger charge is -2.22. The van der Waals surface area contributed by atoms with Gasteiger partial charge in [-0.2, -0.15) is 0 Å². The van der Waals surface area contributed by atoms with Gasteiger partial charge in [0.05, 0.1) is 6.42 Å². The summed E-state index contributed by atoms with van der Waals surface area (Å²) in [5.74, 6) is -0.0907. The minimum atomic E-state index is -0.409. The smallest absolute Gasteiger partial charge is 0.230 e. The zero-order chi connectivity index (χ0) is 11.7. The van der Waals surface area contributed by atoms with E-state index in [0.717, 1.165) is 10.0 Å². The number of carbonyl (C=O) groups is 2. The molecule has 16 heavy (non-hydrogen) atoms. The maximum atomic E-state index is 11.8. The van der Waals surface area contributed by atoms with Crippen LogP contribution in [0.5, 0.6) is 0 Å². The zero-order valence-corrected chi connectivity index (χ0v) is 10.5. The van der Waals surface area contributed by atoms with Crippen molar-refractivity contribution in [2.45, 2.75) is 19.4 Å². The number of Topliss-reactive ketones (excluding diaryl/α,β-unsaturated/α-hetero) is 1. The van der Waals surface area contributed by atoms with E-state index in [1.54, 1.807) is 4.90 Å². The van der Waals surface area contributed by atoms with Crippen molar-refractivity contribution in [3.63, 3.8) is 0 Å². The Bertz CT molecular complexity index is 444. The van der Waals surface area contributed by atoms with Crippen LogP contribution >= 0.6 is 15.9 Å². The molecule has 1 heterocycles. The van der Waals surface area contributed by atoms with Gasteiger partial charge < -0.3 is 4.90 Å². The highest BCUT2D eigenvalue weighted by atomic mass is 79.9. The number of likely N-dealkylation sites (tertiary alicyclic amines) is 1. The van der Waals surface area contributed by atoms with Gasteiger partial charge in [-0.3, -0.25) is 9.59 Å². The summed E-state index contributed by atoms with van der Waals surface area (Å²) < 4.78 is 0.876. The van der Waals surface area contributed by atoms with Gasteiger partial charge in [0.25, 0.3) is 0 Å². The van der Waals surface area contributed by atoms with Crippen molar-refractivity contribution < 1.29 is 9.59 Å². The van der Waals surface area contributed by atoms with Crippen molar-refractivity contribution >= 4 is 27.6 Å². The molecule has 0 aliphatic carbocycles. The van der Waals surface area contributed by atoms with Crippen LogP contribution in [-0.2, 0) is 9.59 Å². The van der Waals surface area contributed by atoms with E-state index < -0.39 is 6.04 Å². The molecule has 0 radical (unpaired) electrons. The molecule has 0 spiro atoms. The number of amides is 1. The number of hydrogen-bond donors (Lipinski definition) is 0. The summed E-state index contributed by atoms with van der Waals surface area (Å²) in [6.45, 7) is 2.46. The molecule has 1 aromatic rings. The SMILES string of the molecule is CCN1C(=O)CC(=O)C1c1ccccc1Br. The summed E-state index contributed by atoms with van der Waals surface area (Å²) in [5, 5.41) is 0. The first-order valence-corrected chi connectivity index (χ1v) is 6.01. The molecule has 1 unspecified atom stereocenters. The fourth-order valence-electron chi connectivity index (χ4n) is 2.06. The van der Waals surface area contributed by atoms with Gasteiger partial charge in [-0.1, -0.05) is 34.1 Å². The summed E-state index contributed by atoms with van der Waals surface area (Å²) in [6.07, 6.45) is 0.0276. The Labute approximate surface area is 103 Å². The number of halogens is 1. The van der Waals surface area contributed by atoms with Crippen molar-refractivity contribution in [1.82, 2.24) is 4.90 Å². The van der Waals surface area contributed by atoms with Gasteiger partial charge in [0.1, 0.15) is 6.04 Å². The summed E-state index contributed by atoms with van der Waals surface area (Å²) >= 11 is 3.42. The molecule has 1 aliphatic rings. The Morgan fingerprint density at radius 1 is 1.38 bits per heavy atom. The second-order valence-electron chi connectivity index (χ2n) is 3.75. The summed E-state index contributed by atoms with van der Waals surface area (Å²) in [5.41, 5.74) is 0.875. The van der Waals surface area contributed by atoms with E-state index >= 15 is 0 Å². The lowest BCUT2D eigenvalue weighted by molar-refractivity contribution is -0.128. The van der Waals surface area contributed by atoms with Crippen molar-refractivity contribution in [3.05, 3.63) is 34.3 Å². The molecule has 4 heteroatoms. The molecular formula is C12H12BrNO2. The van der Waals surface area contributed by atoms with Gasteiger partial charge in [0.15, 0.2) is 5.78 Å². The standard InChI is InChI=1S/C12H12BrNO2/c1-2-14-11(16)7-10(15)12(14)8-5-3-4-6-9(8)13/h3-6,12H,2,7H2,1H3. The quantitative estimate of drug-likeness (QED) is 0.781. The molecule has 1 fully saturated rings. The predicted octanol–water partition coefficient (Wildman–Crippen LogP) is 2.31. The van der Waals surface area contributed by atoms with Crippen LogP contribution in [0.25, 0.3) is 0 Å². The minimum Gasteiger partial charge on any atom is -0.328 e. The zero-order valence-electron chi connectivity index (χ0n) is 8.94. The van der Waals surface area contributed by atoms with E-state index in [0.29, 0.717) is 6.54 Å². The number of likely N-dealkylation sites (N-methyl/N-ethyl adjacent to an activating group) is 1. The molecule has 1 aliphatic heterocycles. The summed E-state index contributed by atoms with van der Waals surface area (Å²) in [7, 11) is 0. The number of rotatable bonds is 2. The minimum absolute atomic E-state index is 0.0150. The fourth-order valence-corrected chi connectivity index (χ4v) is 2.56. The van der Waals surface area contributed by atoms with Gasteiger partial charge in [-0.25, -0.2) is 0 Å². The maximum absolute atomic E-state index is 11.8. The molecule has 1 aromatic carbocycles. The van der Waals surface area contributed by atoms with Crippen LogP contribution in [0, 0.1) is 0 Å². The topological polar surface area (TPSA) is 37.4 Å². The molecule has 0 aromatic heterocycles. The molecule has 2 rings (SSSR count). The second kappa shape index (κ2) is 4.37. The van der Waals surface area contributed by atoms with E-state index in [1.165, 1.54) is 0 Å². The largest absolute Gasteiger partial charge is 0.328 e. The molecular weight excluding hydrogens is 270 g/mol. The van der Waals surface area contributed by atoms with E-state index in [9.17, 15) is 9.59 Å². The molecule has 0 bridgehead atoms. The molecule has 1 amide bonds. The van der Waals surface area contributed by atoms with Gasteiger partial charge in [-0.15, -0.1) is 0 Å². The van der Waals surface area contributed by atoms with Crippen LogP contribution in [-0.4, -0.2) is 23.1 Å². The molecule has 84 valence electrons. The Morgan fingerprint density at radius 3 is 2.69 bits per heavy atom. The van der Waals surface area contributed by atoms with Crippen molar-refractivity contribution in [2.24, 2.45) is 0 Å². The number of benzene rings is 1. The van der Waals surface area contributed by atoms with Crippen LogP contribution < -0.4 is 0 Å². The van der Waals surface area contributed by atoms with Gasteiger partial charge in [0.2, 0.25) is 5.91 Å². The van der Waals surface area contributed by atoms with Crippen LogP contribution in [0.15, 0.2) is 28.7 Å². The first kappa shape index (κ1) is 11.3. The summed E-state index contributed by atoms with van der Waals surface area (Å²) in [6, 6.07) is 7.13. The number of hydrogen-bond acceptors (Lipinski definition) is 2. The molecule has 0 N–H and O–H groups in total. The molecule has 1 saturated heterocycles. The van der Waals surface area contributed by atoms with Crippen molar-refractivity contribution in [3.8, 4) is 0 Å². The second-order valence-corrected chi connectivity index (χ2v) is 4.60. The highest BCUT2D eigenvalue weighted by Gasteiger charge is 2.39. The molecule has 0 saturated carbocycles. The average molecular weight is 282 g/mol. The molecule has 3 nitrogen and oxygen atoms in total. The molecule has 1 atom stereocenters. The Morgan fingerprint density at radius 2 is 2.06 bits per heavy atom. The first-order chi connectivity index (χ1) is 7.65. The first-order valence-electron chi connectivity index (χ1n) is 5.21. The van der Waals surface area contributed by atoms with Gasteiger partial charge in [-0.05, 0) is 18.6 Å². The van der Waals surface area contributed by atoms with Crippen LogP contribution in [0.2, 0.25) is 0 Å². The Balaban J connectivity index is 2.43. The number of ketones is 1. The van der Waals surface area contributed by atoms with E-state index in [-0.39, 0.29) is 18.1 Å². The van der Waals surface area contributed by atoms with E-state index in [1.807, 2.05) is 31.2 Å². The lowest BCUT2D eigenvalue weighted by atomic mass is 10.0. The average Bonchev–Trinajstić information content (AvgIpc) is 2.54. The Hall–Kier alpha value is -1.16.